The van der Waals surface area contributed by atoms with Gasteiger partial charge in [-0.15, -0.1) is 0 Å². The van der Waals surface area contributed by atoms with Gasteiger partial charge in [-0.2, -0.15) is 13.2 Å². The molecule has 0 saturated heterocycles. The van der Waals surface area contributed by atoms with E-state index in [9.17, 15) is 18.3 Å². The normalized spacial score (nSPS) is 13.7. The van der Waals surface area contributed by atoms with Crippen LogP contribution in [0.1, 0.15) is 11.1 Å². The number of halogens is 3. The van der Waals surface area contributed by atoms with Crippen molar-refractivity contribution in [3.63, 3.8) is 0 Å². The SMILES string of the molecule is Cc1ccc(CC(O)COCC(F)(F)F)cc1. The van der Waals surface area contributed by atoms with Crippen LogP contribution in [0.4, 0.5) is 13.2 Å². The highest BCUT2D eigenvalue weighted by Gasteiger charge is 2.27. The number of benzene rings is 1. The number of aryl methyl sites for hydroxylation is 1. The molecule has 0 amide bonds. The van der Waals surface area contributed by atoms with E-state index in [1.807, 2.05) is 31.2 Å². The fourth-order valence-electron chi connectivity index (χ4n) is 1.37. The third-order valence-corrected chi connectivity index (χ3v) is 2.17. The number of ether oxygens (including phenoxy) is 1. The molecule has 1 N–H and O–H groups in total. The van der Waals surface area contributed by atoms with Crippen LogP contribution in [0.3, 0.4) is 0 Å². The molecule has 96 valence electrons. The molecule has 0 bridgehead atoms. The maximum absolute atomic E-state index is 11.8. The third-order valence-electron chi connectivity index (χ3n) is 2.17. The maximum atomic E-state index is 11.8. The second-order valence-corrected chi connectivity index (χ2v) is 3.97. The minimum atomic E-state index is -4.34. The second-order valence-electron chi connectivity index (χ2n) is 3.97. The first kappa shape index (κ1) is 14.0. The first-order chi connectivity index (χ1) is 7.87. The highest BCUT2D eigenvalue weighted by atomic mass is 19.4. The zero-order valence-electron chi connectivity index (χ0n) is 9.50. The first-order valence-corrected chi connectivity index (χ1v) is 5.25. The van der Waals surface area contributed by atoms with Crippen molar-refractivity contribution < 1.29 is 23.0 Å². The van der Waals surface area contributed by atoms with Gasteiger partial charge in [0.2, 0.25) is 0 Å². The molecule has 0 aliphatic heterocycles. The van der Waals surface area contributed by atoms with E-state index in [2.05, 4.69) is 4.74 Å². The monoisotopic (exact) mass is 248 g/mol. The van der Waals surface area contributed by atoms with E-state index >= 15 is 0 Å². The lowest BCUT2D eigenvalue weighted by Crippen LogP contribution is -2.24. The minimum Gasteiger partial charge on any atom is -0.390 e. The van der Waals surface area contributed by atoms with Crippen LogP contribution in [0.25, 0.3) is 0 Å². The molecular formula is C12H15F3O2. The zero-order valence-corrected chi connectivity index (χ0v) is 9.50. The van der Waals surface area contributed by atoms with E-state index in [-0.39, 0.29) is 13.0 Å². The maximum Gasteiger partial charge on any atom is 0.411 e. The van der Waals surface area contributed by atoms with E-state index in [1.54, 1.807) is 0 Å². The molecule has 0 aromatic heterocycles. The van der Waals surface area contributed by atoms with E-state index in [4.69, 9.17) is 0 Å². The van der Waals surface area contributed by atoms with Crippen molar-refractivity contribution in [3.8, 4) is 0 Å². The first-order valence-electron chi connectivity index (χ1n) is 5.25. The van der Waals surface area contributed by atoms with Gasteiger partial charge in [0.25, 0.3) is 0 Å². The van der Waals surface area contributed by atoms with Crippen molar-refractivity contribution in [2.45, 2.75) is 25.6 Å². The molecule has 0 radical (unpaired) electrons. The van der Waals surface area contributed by atoms with Gasteiger partial charge in [-0.1, -0.05) is 29.8 Å². The fourth-order valence-corrected chi connectivity index (χ4v) is 1.37. The summed E-state index contributed by atoms with van der Waals surface area (Å²) in [5.41, 5.74) is 1.97. The summed E-state index contributed by atoms with van der Waals surface area (Å²) < 4.78 is 39.7. The minimum absolute atomic E-state index is 0.290. The molecular weight excluding hydrogens is 233 g/mol. The molecule has 0 spiro atoms. The molecule has 1 rings (SSSR count). The summed E-state index contributed by atoms with van der Waals surface area (Å²) >= 11 is 0. The Balaban J connectivity index is 2.30. The molecule has 0 saturated carbocycles. The van der Waals surface area contributed by atoms with E-state index in [0.29, 0.717) is 0 Å². The number of aliphatic hydroxyl groups is 1. The highest BCUT2D eigenvalue weighted by Crippen LogP contribution is 2.14. The second kappa shape index (κ2) is 6.02. The number of alkyl halides is 3. The summed E-state index contributed by atoms with van der Waals surface area (Å²) in [4.78, 5) is 0. The van der Waals surface area contributed by atoms with Crippen LogP contribution in [0, 0.1) is 6.92 Å². The lowest BCUT2D eigenvalue weighted by Gasteiger charge is -2.12. The Kier molecular flexibility index (Phi) is 4.96. The molecule has 2 nitrogen and oxygen atoms in total. The van der Waals surface area contributed by atoms with Crippen LogP contribution in [-0.2, 0) is 11.2 Å². The molecule has 1 aromatic carbocycles. The predicted molar refractivity (Wildman–Crippen MR) is 57.8 cm³/mol. The van der Waals surface area contributed by atoms with Crippen LogP contribution in [0.2, 0.25) is 0 Å². The number of hydrogen-bond donors (Lipinski definition) is 1. The molecule has 5 heteroatoms. The van der Waals surface area contributed by atoms with Crippen LogP contribution in [0.15, 0.2) is 24.3 Å². The summed E-state index contributed by atoms with van der Waals surface area (Å²) in [6, 6.07) is 7.45. The highest BCUT2D eigenvalue weighted by molar-refractivity contribution is 5.21. The van der Waals surface area contributed by atoms with Crippen LogP contribution < -0.4 is 0 Å². The van der Waals surface area contributed by atoms with Crippen molar-refractivity contribution in [2.24, 2.45) is 0 Å². The van der Waals surface area contributed by atoms with E-state index in [1.165, 1.54) is 0 Å². The Bertz CT molecular complexity index is 333. The number of aliphatic hydroxyl groups excluding tert-OH is 1. The van der Waals surface area contributed by atoms with Crippen molar-refractivity contribution in [2.75, 3.05) is 13.2 Å². The van der Waals surface area contributed by atoms with Gasteiger partial charge >= 0.3 is 6.18 Å². The van der Waals surface area contributed by atoms with Gasteiger partial charge < -0.3 is 9.84 Å². The number of hydrogen-bond acceptors (Lipinski definition) is 2. The Morgan fingerprint density at radius 3 is 2.35 bits per heavy atom. The quantitative estimate of drug-likeness (QED) is 0.867. The predicted octanol–water partition coefficient (Wildman–Crippen LogP) is 2.48. The van der Waals surface area contributed by atoms with Gasteiger partial charge in [0.1, 0.15) is 6.61 Å². The summed E-state index contributed by atoms with van der Waals surface area (Å²) in [5.74, 6) is 0. The van der Waals surface area contributed by atoms with Crippen molar-refractivity contribution >= 4 is 0 Å². The van der Waals surface area contributed by atoms with Crippen LogP contribution >= 0.6 is 0 Å². The molecule has 1 aromatic rings. The van der Waals surface area contributed by atoms with Gasteiger partial charge in [-0.3, -0.25) is 0 Å². The average Bonchev–Trinajstić information content (AvgIpc) is 2.19. The number of rotatable bonds is 5. The summed E-state index contributed by atoms with van der Waals surface area (Å²) in [6.45, 7) is 0.304. The summed E-state index contributed by atoms with van der Waals surface area (Å²) in [7, 11) is 0. The topological polar surface area (TPSA) is 29.5 Å². The van der Waals surface area contributed by atoms with Crippen LogP contribution in [0.5, 0.6) is 0 Å². The third kappa shape index (κ3) is 6.28. The molecule has 1 unspecified atom stereocenters. The molecule has 0 aliphatic rings. The Labute approximate surface area is 98.0 Å². The van der Waals surface area contributed by atoms with Gasteiger partial charge in [0, 0.05) is 6.42 Å². The lowest BCUT2D eigenvalue weighted by atomic mass is 10.1. The molecule has 17 heavy (non-hydrogen) atoms. The van der Waals surface area contributed by atoms with E-state index < -0.39 is 18.9 Å². The zero-order chi connectivity index (χ0) is 12.9. The largest absolute Gasteiger partial charge is 0.411 e. The average molecular weight is 248 g/mol. The molecule has 1 atom stereocenters. The van der Waals surface area contributed by atoms with Crippen molar-refractivity contribution in [1.82, 2.24) is 0 Å². The summed E-state index contributed by atoms with van der Waals surface area (Å²) in [5, 5.41) is 9.48. The van der Waals surface area contributed by atoms with Gasteiger partial charge in [0.05, 0.1) is 12.7 Å². The fraction of sp³-hybridized carbons (Fsp3) is 0.500. The van der Waals surface area contributed by atoms with Gasteiger partial charge in [-0.05, 0) is 12.5 Å². The van der Waals surface area contributed by atoms with Crippen molar-refractivity contribution in [3.05, 3.63) is 35.4 Å². The smallest absolute Gasteiger partial charge is 0.390 e. The van der Waals surface area contributed by atoms with Crippen LogP contribution in [-0.4, -0.2) is 30.6 Å². The molecule has 0 aliphatic carbocycles. The van der Waals surface area contributed by atoms with Gasteiger partial charge in [0.15, 0.2) is 0 Å². The molecule has 0 heterocycles. The Morgan fingerprint density at radius 1 is 1.24 bits per heavy atom. The standard InChI is InChI=1S/C12H15F3O2/c1-9-2-4-10(5-3-9)6-11(16)7-17-8-12(13,14)15/h2-5,11,16H,6-8H2,1H3. The van der Waals surface area contributed by atoms with E-state index in [0.717, 1.165) is 11.1 Å². The van der Waals surface area contributed by atoms with Crippen molar-refractivity contribution in [1.29, 1.82) is 0 Å². The lowest BCUT2D eigenvalue weighted by molar-refractivity contribution is -0.179. The summed E-state index contributed by atoms with van der Waals surface area (Å²) in [6.07, 6.45) is -4.97. The Morgan fingerprint density at radius 2 is 1.82 bits per heavy atom. The molecule has 0 fully saturated rings. The Hall–Kier alpha value is -1.07. The van der Waals surface area contributed by atoms with Gasteiger partial charge in [-0.25, -0.2) is 0 Å².